The first-order chi connectivity index (χ1) is 39.3. The van der Waals surface area contributed by atoms with Crippen LogP contribution in [0.25, 0.3) is 22.2 Å². The van der Waals surface area contributed by atoms with Crippen LogP contribution in [0.4, 0.5) is 5.69 Å². The van der Waals surface area contributed by atoms with Crippen molar-refractivity contribution in [2.75, 3.05) is 78.3 Å². The molecule has 4 unspecified atom stereocenters. The lowest BCUT2D eigenvalue weighted by Crippen LogP contribution is -2.53. The zero-order valence-corrected chi connectivity index (χ0v) is 54.3. The molecule has 2 aliphatic rings. The highest BCUT2D eigenvalue weighted by Gasteiger charge is 2.35. The molecule has 4 N–H and O–H groups in total. The first-order valence-corrected chi connectivity index (χ1v) is 31.5. The average Bonchev–Trinajstić information content (AvgIpc) is 3.97. The van der Waals surface area contributed by atoms with E-state index >= 15 is 0 Å². The summed E-state index contributed by atoms with van der Waals surface area (Å²) in [4.78, 5) is 49.0. The molecule has 0 spiro atoms. The number of rotatable bonds is 28. The molecule has 6 rings (SSSR count). The maximum absolute atomic E-state index is 14.0. The second-order valence-electron chi connectivity index (χ2n) is 23.9. The van der Waals surface area contributed by atoms with Crippen LogP contribution in [0.3, 0.4) is 0 Å². The number of aryl methyl sites for hydroxylation is 1. The largest absolute Gasteiger partial charge is 0.395 e. The number of nitrogens with zero attached hydrogens (tertiary/aromatic N) is 5. The van der Waals surface area contributed by atoms with Gasteiger partial charge in [-0.3, -0.25) is 19.6 Å². The Balaban J connectivity index is 0.000000823. The third kappa shape index (κ3) is 23.4. The van der Waals surface area contributed by atoms with Crippen LogP contribution in [0.15, 0.2) is 61.1 Å². The number of hydrogen-bond donors (Lipinski definition) is 3. The minimum atomic E-state index is -0.664. The molecular weight excluding hydrogens is 1030 g/mol. The number of unbranched alkanes of at least 4 members (excludes halogenated alkanes) is 4. The lowest BCUT2D eigenvalue weighted by molar-refractivity contribution is -0.138. The van der Waals surface area contributed by atoms with Crippen molar-refractivity contribution in [2.45, 2.75) is 205 Å². The van der Waals surface area contributed by atoms with Gasteiger partial charge in [0.05, 0.1) is 37.3 Å². The second kappa shape index (κ2) is 39.7. The van der Waals surface area contributed by atoms with Crippen LogP contribution in [0.1, 0.15) is 203 Å². The van der Waals surface area contributed by atoms with Gasteiger partial charge in [-0.1, -0.05) is 114 Å². The molecule has 464 valence electrons. The van der Waals surface area contributed by atoms with E-state index in [-0.39, 0.29) is 47.7 Å². The number of aliphatic hydroxyl groups excluding tert-OH is 1. The monoisotopic (exact) mass is 1140 g/mol. The molecule has 1 aromatic carbocycles. The van der Waals surface area contributed by atoms with E-state index in [0.717, 1.165) is 94.7 Å². The van der Waals surface area contributed by atoms with Gasteiger partial charge in [0.25, 0.3) is 0 Å². The van der Waals surface area contributed by atoms with Gasteiger partial charge in [-0.15, -0.1) is 0 Å². The summed E-state index contributed by atoms with van der Waals surface area (Å²) in [5.74, 6) is -0.0128. The van der Waals surface area contributed by atoms with E-state index < -0.39 is 6.04 Å². The molecule has 3 aromatic heterocycles. The molecule has 4 atom stereocenters. The van der Waals surface area contributed by atoms with E-state index in [0.29, 0.717) is 43.9 Å². The van der Waals surface area contributed by atoms with Crippen LogP contribution in [0.5, 0.6) is 0 Å². The molecule has 2 aliphatic heterocycles. The van der Waals surface area contributed by atoms with Crippen LogP contribution in [-0.4, -0.2) is 122 Å². The highest BCUT2D eigenvalue weighted by Crippen LogP contribution is 2.44. The quantitative estimate of drug-likeness (QED) is 0.0365. The molecule has 0 bridgehead atoms. The van der Waals surface area contributed by atoms with Crippen molar-refractivity contribution in [3.05, 3.63) is 77.9 Å². The van der Waals surface area contributed by atoms with Crippen LogP contribution in [-0.2, 0) is 41.6 Å². The fraction of sp³-hybridized carbons (Fsp3) is 0.691. The lowest BCUT2D eigenvalue weighted by atomic mass is 9.81. The van der Waals surface area contributed by atoms with Gasteiger partial charge >= 0.3 is 0 Å². The number of likely N-dealkylation sites (N-methyl/N-ethyl adjacent to an activating group) is 1. The minimum absolute atomic E-state index is 0.0127. The summed E-state index contributed by atoms with van der Waals surface area (Å²) in [5.41, 5.74) is 14.4. The highest BCUT2D eigenvalue weighted by atomic mass is 16.5. The van der Waals surface area contributed by atoms with Crippen LogP contribution in [0, 0.1) is 28.6 Å². The van der Waals surface area contributed by atoms with E-state index in [4.69, 9.17) is 29.7 Å². The number of amides is 2. The molecule has 5 heterocycles. The summed E-state index contributed by atoms with van der Waals surface area (Å²) in [6.07, 6.45) is 20.4. The molecule has 2 fully saturated rings. The van der Waals surface area contributed by atoms with E-state index in [2.05, 4.69) is 119 Å². The summed E-state index contributed by atoms with van der Waals surface area (Å²) in [6, 6.07) is 14.1. The number of nitrogens with one attached hydrogen (secondary N) is 1. The van der Waals surface area contributed by atoms with Gasteiger partial charge in [0.15, 0.2) is 0 Å². The van der Waals surface area contributed by atoms with Crippen molar-refractivity contribution in [3.8, 4) is 11.3 Å². The van der Waals surface area contributed by atoms with Crippen molar-refractivity contribution >= 4 is 34.7 Å². The highest BCUT2D eigenvalue weighted by molar-refractivity contribution is 5.95. The van der Waals surface area contributed by atoms with Crippen LogP contribution in [0.2, 0.25) is 0 Å². The van der Waals surface area contributed by atoms with Gasteiger partial charge in [-0.25, -0.2) is 0 Å². The first kappa shape index (κ1) is 73.4. The molecule has 14 heteroatoms. The zero-order valence-electron chi connectivity index (χ0n) is 54.3. The number of hydrogen-bond acceptors (Lipinski definition) is 11. The Bertz CT molecular complexity index is 2320. The van der Waals surface area contributed by atoms with Gasteiger partial charge in [-0.2, -0.15) is 0 Å². The summed E-state index contributed by atoms with van der Waals surface area (Å²) in [6.45, 7) is 36.2. The minimum Gasteiger partial charge on any atom is -0.395 e. The number of fused-ring (bicyclic) bond motifs is 1. The molecule has 2 amide bonds. The number of aldehydes is 1. The maximum atomic E-state index is 14.0. The van der Waals surface area contributed by atoms with E-state index in [1.807, 2.05) is 46.0 Å². The number of benzene rings is 1. The Morgan fingerprint density at radius 2 is 1.55 bits per heavy atom. The SMILES string of the molecule is CC=O.CCC1(CC)COC1.CCCCCC.CCn1c(-c2cc(C3CCOCC3)cnc2C(C)OC)c(CC(C)(C)CC)c2cc(N(CCO)CCC(C)C(NC(=O)C(C)C(C)C)C(=O)N(C)CCCCN)ccc21.c1ccncc1. The number of nitrogens with two attached hydrogens (primary N) is 1. The molecule has 0 aliphatic carbocycles. The number of aliphatic hydroxyl groups is 1. The molecule has 14 nitrogen and oxygen atoms in total. The van der Waals surface area contributed by atoms with E-state index in [1.54, 1.807) is 24.4 Å². The molecule has 0 saturated carbocycles. The summed E-state index contributed by atoms with van der Waals surface area (Å²) in [7, 11) is 3.57. The maximum Gasteiger partial charge on any atom is 0.245 e. The Kier molecular flexibility index (Phi) is 35.6. The smallest absolute Gasteiger partial charge is 0.245 e. The second-order valence-corrected chi connectivity index (χ2v) is 23.9. The predicted molar refractivity (Wildman–Crippen MR) is 341 cm³/mol. The van der Waals surface area contributed by atoms with Crippen molar-refractivity contribution in [1.82, 2.24) is 24.8 Å². The van der Waals surface area contributed by atoms with Gasteiger partial charge in [0.2, 0.25) is 11.8 Å². The van der Waals surface area contributed by atoms with Gasteiger partial charge in [-0.05, 0) is 149 Å². The number of anilines is 1. The van der Waals surface area contributed by atoms with Gasteiger partial charge in [0.1, 0.15) is 12.3 Å². The van der Waals surface area contributed by atoms with E-state index in [1.165, 1.54) is 73.2 Å². The predicted octanol–water partition coefficient (Wildman–Crippen LogP) is 13.8. The Hall–Kier alpha value is -4.73. The van der Waals surface area contributed by atoms with Gasteiger partial charge in [0, 0.05) is 106 Å². The van der Waals surface area contributed by atoms with Crippen molar-refractivity contribution in [3.63, 3.8) is 0 Å². The Morgan fingerprint density at radius 1 is 0.915 bits per heavy atom. The number of pyridine rings is 2. The molecule has 2 saturated heterocycles. The number of methoxy groups -OCH3 is 1. The third-order valence-electron chi connectivity index (χ3n) is 17.0. The number of aromatic nitrogens is 3. The molecule has 0 radical (unpaired) electrons. The third-order valence-corrected chi connectivity index (χ3v) is 17.0. The molecular formula is C68H115N7O7. The zero-order chi connectivity index (χ0) is 61.3. The summed E-state index contributed by atoms with van der Waals surface area (Å²) in [5, 5.41) is 14.7. The Labute approximate surface area is 497 Å². The van der Waals surface area contributed by atoms with Crippen LogP contribution < -0.4 is 16.0 Å². The topological polar surface area (TPSA) is 174 Å². The normalized spacial score (nSPS) is 15.3. The fourth-order valence-electron chi connectivity index (χ4n) is 10.2. The van der Waals surface area contributed by atoms with Crippen molar-refractivity contribution in [1.29, 1.82) is 0 Å². The van der Waals surface area contributed by atoms with Crippen LogP contribution >= 0.6 is 0 Å². The molecule has 82 heavy (non-hydrogen) atoms. The average molecular weight is 1140 g/mol. The van der Waals surface area contributed by atoms with Crippen molar-refractivity contribution in [2.24, 2.45) is 34.3 Å². The summed E-state index contributed by atoms with van der Waals surface area (Å²) >= 11 is 0. The van der Waals surface area contributed by atoms with Crippen molar-refractivity contribution < 1.29 is 33.7 Å². The summed E-state index contributed by atoms with van der Waals surface area (Å²) < 4.78 is 19.3. The number of carbonyl (C=O) groups is 3. The molecule has 4 aromatic rings. The van der Waals surface area contributed by atoms with Gasteiger partial charge < -0.3 is 49.5 Å². The number of carbonyl (C=O) groups excluding carboxylic acids is 3. The standard InChI is InChI=1S/C48H78N6O5.C7H14O.C6H14.C5H5N.C2H4O/c1-12-48(8,9)30-41-39-29-38(53(24-25-55)23-18-33(5)43(51-46(56)34(6)32(3)4)47(57)52(10)22-15-14-21-49)16-17-42(39)54(13-2)45(41)40-28-37(36-19-26-59-27-20-36)31-50-44(40)35(7)58-11;1-3-7(4-2)5-8-6-7;1-3-5-6-4-2;1-2-4-6-5-3-1;1-2-3/h16-17,28-29,31-36,43,55H,12-15,18-27,30,49H2,1-11H3,(H,51,56);3-6H2,1-2H3;3-6H2,1-2H3;1-5H;2H,1H3. The fourth-order valence-corrected chi connectivity index (χ4v) is 10.2. The lowest BCUT2D eigenvalue weighted by Gasteiger charge is -2.39. The number of ether oxygens (including phenoxy) is 3. The first-order valence-electron chi connectivity index (χ1n) is 31.5. The van der Waals surface area contributed by atoms with E-state index in [9.17, 15) is 14.7 Å². The Morgan fingerprint density at radius 3 is 2.01 bits per heavy atom.